The van der Waals surface area contributed by atoms with Crippen molar-refractivity contribution in [2.75, 3.05) is 11.5 Å². The molecule has 0 atom stereocenters. The second-order valence-electron chi connectivity index (χ2n) is 9.34. The summed E-state index contributed by atoms with van der Waals surface area (Å²) in [5.74, 6) is -0.515. The summed E-state index contributed by atoms with van der Waals surface area (Å²) >= 11 is 5.96. The van der Waals surface area contributed by atoms with Gasteiger partial charge >= 0.3 is 6.03 Å². The van der Waals surface area contributed by atoms with Gasteiger partial charge in [0.2, 0.25) is 0 Å². The number of allylic oxidation sites excluding steroid dienone is 1. The number of halogens is 1. The standard InChI is InChI=1S/C33H27ClN2O5/c1-3-7-25-17-22(18-28-31(37)35-33(39)36(32(28)38)27-14-12-26(34)13-15-27)19-29(40-4-2)30(25)41-20-21-10-11-23-8-5-6-9-24(23)16-21/h3,5-6,8-19H,1,4,7,20H2,2H3,(H,35,37,39)/b28-18+. The summed E-state index contributed by atoms with van der Waals surface area (Å²) in [6.07, 6.45) is 3.64. The number of barbiturate groups is 1. The maximum absolute atomic E-state index is 13.3. The molecule has 7 nitrogen and oxygen atoms in total. The number of benzene rings is 4. The van der Waals surface area contributed by atoms with Gasteiger partial charge < -0.3 is 9.47 Å². The first-order valence-electron chi connectivity index (χ1n) is 13.1. The van der Waals surface area contributed by atoms with E-state index in [1.54, 1.807) is 24.3 Å². The lowest BCUT2D eigenvalue weighted by Gasteiger charge is -2.26. The van der Waals surface area contributed by atoms with Crippen LogP contribution >= 0.6 is 11.6 Å². The SMILES string of the molecule is C=CCc1cc(/C=C2\C(=O)NC(=O)N(c3ccc(Cl)cc3)C2=O)cc(OCC)c1OCc1ccc2ccccc2c1. The smallest absolute Gasteiger partial charge is 0.335 e. The Kier molecular flexibility index (Phi) is 8.17. The van der Waals surface area contributed by atoms with Gasteiger partial charge in [-0.05, 0) is 83.8 Å². The molecule has 8 heteroatoms. The summed E-state index contributed by atoms with van der Waals surface area (Å²) < 4.78 is 12.2. The van der Waals surface area contributed by atoms with Crippen LogP contribution in [0.2, 0.25) is 5.02 Å². The van der Waals surface area contributed by atoms with Gasteiger partial charge in [-0.1, -0.05) is 54.1 Å². The molecule has 1 N–H and O–H groups in total. The van der Waals surface area contributed by atoms with Gasteiger partial charge in [-0.25, -0.2) is 9.69 Å². The Labute approximate surface area is 242 Å². The summed E-state index contributed by atoms with van der Waals surface area (Å²) in [7, 11) is 0. The van der Waals surface area contributed by atoms with Crippen molar-refractivity contribution in [3.8, 4) is 11.5 Å². The minimum atomic E-state index is -0.834. The molecule has 1 fully saturated rings. The first kappa shape index (κ1) is 27.7. The fraction of sp³-hybridized carbons (Fsp3) is 0.121. The van der Waals surface area contributed by atoms with Gasteiger partial charge in [0.15, 0.2) is 11.5 Å². The minimum absolute atomic E-state index is 0.198. The topological polar surface area (TPSA) is 84.9 Å². The molecule has 1 heterocycles. The molecule has 4 amide bonds. The molecule has 0 saturated carbocycles. The van der Waals surface area contributed by atoms with Crippen molar-refractivity contribution in [3.05, 3.63) is 119 Å². The summed E-state index contributed by atoms with van der Waals surface area (Å²) in [6.45, 7) is 6.42. The first-order valence-corrected chi connectivity index (χ1v) is 13.4. The van der Waals surface area contributed by atoms with Crippen LogP contribution in [0.15, 0.2) is 97.1 Å². The highest BCUT2D eigenvalue weighted by Crippen LogP contribution is 2.36. The van der Waals surface area contributed by atoms with Gasteiger partial charge in [0.1, 0.15) is 12.2 Å². The molecule has 0 unspecified atom stereocenters. The van der Waals surface area contributed by atoms with E-state index in [0.717, 1.165) is 26.8 Å². The molecule has 0 bridgehead atoms. The number of carbonyl (C=O) groups is 3. The van der Waals surface area contributed by atoms with Gasteiger partial charge in [-0.2, -0.15) is 0 Å². The van der Waals surface area contributed by atoms with E-state index in [-0.39, 0.29) is 11.3 Å². The zero-order valence-corrected chi connectivity index (χ0v) is 23.1. The predicted molar refractivity (Wildman–Crippen MR) is 160 cm³/mol. The molecule has 1 aliphatic rings. The Morgan fingerprint density at radius 1 is 0.927 bits per heavy atom. The van der Waals surface area contributed by atoms with Crippen molar-refractivity contribution >= 4 is 52.0 Å². The van der Waals surface area contributed by atoms with E-state index in [4.69, 9.17) is 21.1 Å². The van der Waals surface area contributed by atoms with E-state index < -0.39 is 17.8 Å². The Hall–Kier alpha value is -4.88. The second kappa shape index (κ2) is 12.1. The molecule has 41 heavy (non-hydrogen) atoms. The van der Waals surface area contributed by atoms with Crippen molar-refractivity contribution in [3.63, 3.8) is 0 Å². The third kappa shape index (κ3) is 6.00. The number of rotatable bonds is 9. The molecular weight excluding hydrogens is 540 g/mol. The molecule has 0 radical (unpaired) electrons. The van der Waals surface area contributed by atoms with Crippen LogP contribution in [-0.4, -0.2) is 24.5 Å². The van der Waals surface area contributed by atoms with E-state index in [2.05, 4.69) is 36.2 Å². The van der Waals surface area contributed by atoms with Crippen molar-refractivity contribution in [1.29, 1.82) is 0 Å². The number of fused-ring (bicyclic) bond motifs is 1. The van der Waals surface area contributed by atoms with Crippen molar-refractivity contribution in [2.24, 2.45) is 0 Å². The average Bonchev–Trinajstić information content (AvgIpc) is 2.96. The van der Waals surface area contributed by atoms with Crippen LogP contribution in [0.1, 0.15) is 23.6 Å². The fourth-order valence-corrected chi connectivity index (χ4v) is 4.76. The predicted octanol–water partition coefficient (Wildman–Crippen LogP) is 6.87. The molecule has 0 aliphatic carbocycles. The van der Waals surface area contributed by atoms with Gasteiger partial charge in [0, 0.05) is 10.6 Å². The number of amides is 4. The number of ether oxygens (including phenoxy) is 2. The monoisotopic (exact) mass is 566 g/mol. The van der Waals surface area contributed by atoms with Crippen LogP contribution in [0.4, 0.5) is 10.5 Å². The molecule has 206 valence electrons. The van der Waals surface area contributed by atoms with E-state index >= 15 is 0 Å². The van der Waals surface area contributed by atoms with Crippen LogP contribution in [0.5, 0.6) is 11.5 Å². The molecular formula is C33H27ClN2O5. The number of nitrogens with one attached hydrogen (secondary N) is 1. The Morgan fingerprint density at radius 2 is 1.68 bits per heavy atom. The molecule has 0 aromatic heterocycles. The summed E-state index contributed by atoms with van der Waals surface area (Å²) in [5, 5.41) is 4.96. The highest BCUT2D eigenvalue weighted by molar-refractivity contribution is 6.39. The molecule has 1 saturated heterocycles. The van der Waals surface area contributed by atoms with E-state index in [0.29, 0.717) is 41.7 Å². The highest BCUT2D eigenvalue weighted by atomic mass is 35.5. The Morgan fingerprint density at radius 3 is 2.41 bits per heavy atom. The normalized spacial score (nSPS) is 14.3. The molecule has 4 aromatic rings. The molecule has 4 aromatic carbocycles. The molecule has 1 aliphatic heterocycles. The Balaban J connectivity index is 1.49. The average molecular weight is 567 g/mol. The van der Waals surface area contributed by atoms with E-state index in [9.17, 15) is 14.4 Å². The fourth-order valence-electron chi connectivity index (χ4n) is 4.63. The summed E-state index contributed by atoms with van der Waals surface area (Å²) in [5.41, 5.74) is 2.39. The second-order valence-corrected chi connectivity index (χ2v) is 9.77. The highest BCUT2D eigenvalue weighted by Gasteiger charge is 2.36. The van der Waals surface area contributed by atoms with Crippen molar-refractivity contribution < 1.29 is 23.9 Å². The van der Waals surface area contributed by atoms with Gasteiger partial charge in [-0.15, -0.1) is 6.58 Å². The molecule has 0 spiro atoms. The first-order chi connectivity index (χ1) is 19.9. The number of imide groups is 2. The number of anilines is 1. The van der Waals surface area contributed by atoms with Gasteiger partial charge in [0.25, 0.3) is 11.8 Å². The van der Waals surface area contributed by atoms with Crippen LogP contribution in [0.3, 0.4) is 0 Å². The zero-order chi connectivity index (χ0) is 28.9. The number of carbonyl (C=O) groups excluding carboxylic acids is 3. The van der Waals surface area contributed by atoms with E-state index in [1.165, 1.54) is 18.2 Å². The number of nitrogens with zero attached hydrogens (tertiary/aromatic N) is 1. The van der Waals surface area contributed by atoms with Crippen LogP contribution < -0.4 is 19.7 Å². The quantitative estimate of drug-likeness (QED) is 0.136. The largest absolute Gasteiger partial charge is 0.490 e. The summed E-state index contributed by atoms with van der Waals surface area (Å²) in [6, 6.07) is 23.2. The lowest BCUT2D eigenvalue weighted by atomic mass is 10.0. The lowest BCUT2D eigenvalue weighted by molar-refractivity contribution is -0.122. The van der Waals surface area contributed by atoms with Crippen LogP contribution in [0, 0.1) is 0 Å². The van der Waals surface area contributed by atoms with Crippen LogP contribution in [-0.2, 0) is 22.6 Å². The van der Waals surface area contributed by atoms with Gasteiger partial charge in [0.05, 0.1) is 12.3 Å². The zero-order valence-electron chi connectivity index (χ0n) is 22.4. The Bertz CT molecular complexity index is 1690. The van der Waals surface area contributed by atoms with Gasteiger partial charge in [-0.3, -0.25) is 14.9 Å². The maximum Gasteiger partial charge on any atom is 0.335 e. The molecule has 5 rings (SSSR count). The number of urea groups is 1. The van der Waals surface area contributed by atoms with Crippen LogP contribution in [0.25, 0.3) is 16.8 Å². The lowest BCUT2D eigenvalue weighted by Crippen LogP contribution is -2.54. The maximum atomic E-state index is 13.3. The van der Waals surface area contributed by atoms with Crippen molar-refractivity contribution in [1.82, 2.24) is 5.32 Å². The minimum Gasteiger partial charge on any atom is -0.490 e. The third-order valence-corrected chi connectivity index (χ3v) is 6.76. The van der Waals surface area contributed by atoms with Crippen molar-refractivity contribution in [2.45, 2.75) is 20.0 Å². The summed E-state index contributed by atoms with van der Waals surface area (Å²) in [4.78, 5) is 39.5. The number of hydrogen-bond acceptors (Lipinski definition) is 5. The van der Waals surface area contributed by atoms with E-state index in [1.807, 2.05) is 31.2 Å². The number of hydrogen-bond donors (Lipinski definition) is 1. The third-order valence-electron chi connectivity index (χ3n) is 6.51.